The molecular weight excluding hydrogens is 311 g/mol. The van der Waals surface area contributed by atoms with Gasteiger partial charge >= 0.3 is 0 Å². The summed E-state index contributed by atoms with van der Waals surface area (Å²) in [4.78, 5) is 25.7. The van der Waals surface area contributed by atoms with Gasteiger partial charge in [0.15, 0.2) is 0 Å². The van der Waals surface area contributed by atoms with E-state index in [0.29, 0.717) is 29.4 Å². The highest BCUT2D eigenvalue weighted by Crippen LogP contribution is 2.23. The Hall–Kier alpha value is -1.26. The minimum absolute atomic E-state index is 0.0230. The van der Waals surface area contributed by atoms with Gasteiger partial charge in [-0.3, -0.25) is 9.59 Å². The summed E-state index contributed by atoms with van der Waals surface area (Å²) in [7, 11) is 0. The van der Waals surface area contributed by atoms with Gasteiger partial charge in [0.05, 0.1) is 0 Å². The monoisotopic (exact) mass is 328 g/mol. The zero-order valence-electron chi connectivity index (χ0n) is 12.0. The van der Waals surface area contributed by atoms with E-state index >= 15 is 0 Å². The molecule has 1 saturated heterocycles. The Balaban J connectivity index is 2.00. The topological polar surface area (TPSA) is 49.4 Å². The van der Waals surface area contributed by atoms with Gasteiger partial charge < -0.3 is 10.2 Å². The smallest absolute Gasteiger partial charge is 0.243 e. The van der Waals surface area contributed by atoms with E-state index in [1.165, 1.54) is 0 Å². The van der Waals surface area contributed by atoms with Crippen LogP contribution in [-0.2, 0) is 16.1 Å². The first-order valence-corrected chi connectivity index (χ1v) is 7.68. The summed E-state index contributed by atoms with van der Waals surface area (Å²) in [6, 6.07) is 4.79. The van der Waals surface area contributed by atoms with Crippen molar-refractivity contribution in [2.75, 3.05) is 0 Å². The second kappa shape index (κ2) is 6.67. The normalized spacial score (nSPS) is 18.4. The molecule has 0 saturated carbocycles. The van der Waals surface area contributed by atoms with Gasteiger partial charge in [-0.05, 0) is 38.0 Å². The number of halogens is 2. The number of amides is 2. The van der Waals surface area contributed by atoms with Gasteiger partial charge in [-0.2, -0.15) is 0 Å². The summed E-state index contributed by atoms with van der Waals surface area (Å²) in [5.41, 5.74) is 0.801. The van der Waals surface area contributed by atoms with E-state index in [-0.39, 0.29) is 23.9 Å². The van der Waals surface area contributed by atoms with Crippen molar-refractivity contribution in [1.82, 2.24) is 10.2 Å². The van der Waals surface area contributed by atoms with Crippen LogP contribution >= 0.6 is 23.2 Å². The molecule has 1 heterocycles. The maximum Gasteiger partial charge on any atom is 0.243 e. The van der Waals surface area contributed by atoms with E-state index in [2.05, 4.69) is 5.32 Å². The van der Waals surface area contributed by atoms with Crippen LogP contribution in [0.15, 0.2) is 18.2 Å². The molecule has 1 aromatic carbocycles. The number of carbonyl (C=O) groups excluding carboxylic acids is 2. The number of nitrogens with zero attached hydrogens (tertiary/aromatic N) is 1. The summed E-state index contributed by atoms with van der Waals surface area (Å²) < 4.78 is 0. The average molecular weight is 329 g/mol. The van der Waals surface area contributed by atoms with Crippen molar-refractivity contribution in [3.63, 3.8) is 0 Å². The summed E-state index contributed by atoms with van der Waals surface area (Å²) in [6.07, 6.45) is 0.995. The molecular formula is C15H18Cl2N2O2. The third-order valence-corrected chi connectivity index (χ3v) is 4.17. The Kier molecular flexibility index (Phi) is 5.12. The van der Waals surface area contributed by atoms with E-state index in [1.54, 1.807) is 23.1 Å². The highest BCUT2D eigenvalue weighted by Gasteiger charge is 2.37. The first-order valence-electron chi connectivity index (χ1n) is 6.93. The number of nitrogens with one attached hydrogen (secondary N) is 1. The second-order valence-electron chi connectivity index (χ2n) is 5.40. The van der Waals surface area contributed by atoms with Gasteiger partial charge in [0, 0.05) is 29.1 Å². The highest BCUT2D eigenvalue weighted by atomic mass is 35.5. The van der Waals surface area contributed by atoms with Gasteiger partial charge in [0.25, 0.3) is 0 Å². The minimum atomic E-state index is -0.386. The Labute approximate surface area is 134 Å². The van der Waals surface area contributed by atoms with Crippen LogP contribution in [0.1, 0.15) is 32.3 Å². The number of rotatable bonds is 4. The van der Waals surface area contributed by atoms with E-state index in [0.717, 1.165) is 5.56 Å². The van der Waals surface area contributed by atoms with E-state index in [9.17, 15) is 9.59 Å². The second-order valence-corrected chi connectivity index (χ2v) is 6.25. The number of hydrogen-bond acceptors (Lipinski definition) is 2. The van der Waals surface area contributed by atoms with Crippen molar-refractivity contribution in [2.45, 2.75) is 45.3 Å². The first-order chi connectivity index (χ1) is 9.90. The van der Waals surface area contributed by atoms with E-state index in [1.807, 2.05) is 13.8 Å². The molecule has 0 bridgehead atoms. The fraction of sp³-hybridized carbons (Fsp3) is 0.467. The van der Waals surface area contributed by atoms with E-state index < -0.39 is 0 Å². The minimum Gasteiger partial charge on any atom is -0.350 e. The van der Waals surface area contributed by atoms with Crippen molar-refractivity contribution in [2.24, 2.45) is 0 Å². The summed E-state index contributed by atoms with van der Waals surface area (Å²) in [5.74, 6) is -0.102. The fourth-order valence-electron chi connectivity index (χ4n) is 2.57. The predicted octanol–water partition coefficient (Wildman–Crippen LogP) is 3.01. The van der Waals surface area contributed by atoms with Crippen molar-refractivity contribution in [1.29, 1.82) is 0 Å². The largest absolute Gasteiger partial charge is 0.350 e. The molecule has 2 rings (SSSR count). The predicted molar refractivity (Wildman–Crippen MR) is 83.3 cm³/mol. The molecule has 0 aromatic heterocycles. The van der Waals surface area contributed by atoms with Gasteiger partial charge in [-0.1, -0.05) is 29.3 Å². The summed E-state index contributed by atoms with van der Waals surface area (Å²) in [5, 5.41) is 3.92. The molecule has 2 amide bonds. The van der Waals surface area contributed by atoms with Crippen molar-refractivity contribution in [3.8, 4) is 0 Å². The summed E-state index contributed by atoms with van der Waals surface area (Å²) in [6.45, 7) is 4.16. The van der Waals surface area contributed by atoms with Gasteiger partial charge in [0.2, 0.25) is 11.8 Å². The summed E-state index contributed by atoms with van der Waals surface area (Å²) >= 11 is 11.9. The number of benzene rings is 1. The molecule has 0 spiro atoms. The first kappa shape index (κ1) is 16.1. The van der Waals surface area contributed by atoms with Gasteiger partial charge in [-0.15, -0.1) is 0 Å². The van der Waals surface area contributed by atoms with Crippen molar-refractivity contribution < 1.29 is 9.59 Å². The molecule has 1 aliphatic heterocycles. The molecule has 1 atom stereocenters. The van der Waals surface area contributed by atoms with Crippen LogP contribution in [0, 0.1) is 0 Å². The third kappa shape index (κ3) is 3.69. The van der Waals surface area contributed by atoms with Crippen LogP contribution in [-0.4, -0.2) is 28.8 Å². The molecule has 0 radical (unpaired) electrons. The third-order valence-electron chi connectivity index (χ3n) is 3.58. The number of likely N-dealkylation sites (tertiary alicyclic amines) is 1. The Morgan fingerprint density at radius 1 is 1.43 bits per heavy atom. The maximum absolute atomic E-state index is 12.3. The van der Waals surface area contributed by atoms with Crippen molar-refractivity contribution in [3.05, 3.63) is 33.8 Å². The van der Waals surface area contributed by atoms with Gasteiger partial charge in [-0.25, -0.2) is 0 Å². The van der Waals surface area contributed by atoms with Crippen LogP contribution in [0.4, 0.5) is 0 Å². The molecule has 0 aliphatic carbocycles. The molecule has 114 valence electrons. The molecule has 1 fully saturated rings. The molecule has 4 nitrogen and oxygen atoms in total. The van der Waals surface area contributed by atoms with Crippen LogP contribution < -0.4 is 5.32 Å². The SMILES string of the molecule is CC(C)N1C(=O)CC[C@H]1C(=O)NCc1ccc(Cl)cc1Cl. The van der Waals surface area contributed by atoms with Crippen molar-refractivity contribution >= 4 is 35.0 Å². The molecule has 21 heavy (non-hydrogen) atoms. The Bertz CT molecular complexity index is 561. The lowest BCUT2D eigenvalue weighted by Gasteiger charge is -2.27. The highest BCUT2D eigenvalue weighted by molar-refractivity contribution is 6.35. The van der Waals surface area contributed by atoms with Crippen LogP contribution in [0.3, 0.4) is 0 Å². The Morgan fingerprint density at radius 3 is 2.76 bits per heavy atom. The Morgan fingerprint density at radius 2 is 2.14 bits per heavy atom. The van der Waals surface area contributed by atoms with Crippen LogP contribution in [0.25, 0.3) is 0 Å². The lowest BCUT2D eigenvalue weighted by Crippen LogP contribution is -2.47. The average Bonchev–Trinajstić information content (AvgIpc) is 2.79. The molecule has 1 aliphatic rings. The van der Waals surface area contributed by atoms with Gasteiger partial charge in [0.1, 0.15) is 6.04 Å². The fourth-order valence-corrected chi connectivity index (χ4v) is 3.05. The quantitative estimate of drug-likeness (QED) is 0.923. The molecule has 0 unspecified atom stereocenters. The van der Waals surface area contributed by atoms with Crippen LogP contribution in [0.5, 0.6) is 0 Å². The molecule has 6 heteroatoms. The number of hydrogen-bond donors (Lipinski definition) is 1. The van der Waals surface area contributed by atoms with E-state index in [4.69, 9.17) is 23.2 Å². The zero-order chi connectivity index (χ0) is 15.6. The molecule has 1 N–H and O–H groups in total. The lowest BCUT2D eigenvalue weighted by molar-refractivity contribution is -0.137. The zero-order valence-corrected chi connectivity index (χ0v) is 13.5. The number of carbonyl (C=O) groups is 2. The standard InChI is InChI=1S/C15H18Cl2N2O2/c1-9(2)19-13(5-6-14(19)20)15(21)18-8-10-3-4-11(16)7-12(10)17/h3-4,7,9,13H,5-6,8H2,1-2H3,(H,18,21)/t13-/m0/s1. The lowest BCUT2D eigenvalue weighted by atomic mass is 10.1. The molecule has 1 aromatic rings. The maximum atomic E-state index is 12.3. The van der Waals surface area contributed by atoms with Crippen LogP contribution in [0.2, 0.25) is 10.0 Å².